The van der Waals surface area contributed by atoms with E-state index in [9.17, 15) is 14.4 Å². The summed E-state index contributed by atoms with van der Waals surface area (Å²) in [5.41, 5.74) is 3.39. The number of fused-ring (bicyclic) bond motifs is 1. The number of aromatic nitrogens is 1. The van der Waals surface area contributed by atoms with Gasteiger partial charge in [0, 0.05) is 35.6 Å². The van der Waals surface area contributed by atoms with Crippen LogP contribution in [0.25, 0.3) is 10.9 Å². The van der Waals surface area contributed by atoms with Gasteiger partial charge in [-0.2, -0.15) is 0 Å². The summed E-state index contributed by atoms with van der Waals surface area (Å²) in [5.74, 6) is -0.399. The van der Waals surface area contributed by atoms with E-state index in [1.807, 2.05) is 50.5 Å². The monoisotopic (exact) mass is 509 g/mol. The van der Waals surface area contributed by atoms with Crippen molar-refractivity contribution in [2.45, 2.75) is 38.8 Å². The van der Waals surface area contributed by atoms with Crippen LogP contribution in [0.2, 0.25) is 5.02 Å². The Hall–Kier alpha value is -3.36. The van der Waals surface area contributed by atoms with Crippen LogP contribution in [0.4, 0.5) is 4.79 Å². The number of hydrogen-bond donors (Lipinski definition) is 3. The predicted molar refractivity (Wildman–Crippen MR) is 141 cm³/mol. The van der Waals surface area contributed by atoms with Gasteiger partial charge in [-0.15, -0.1) is 0 Å². The molecule has 1 aromatic heterocycles. The molecule has 0 saturated carbocycles. The van der Waals surface area contributed by atoms with Crippen molar-refractivity contribution in [2.75, 3.05) is 27.2 Å². The smallest absolute Gasteiger partial charge is 0.325 e. The molecule has 0 bridgehead atoms. The molecule has 8 nitrogen and oxygen atoms in total. The number of halogens is 1. The summed E-state index contributed by atoms with van der Waals surface area (Å²) in [6.07, 6.45) is 1.22. The molecular formula is C27H32ClN5O3. The van der Waals surface area contributed by atoms with E-state index in [1.54, 1.807) is 19.9 Å². The van der Waals surface area contributed by atoms with Gasteiger partial charge in [0.2, 0.25) is 0 Å². The van der Waals surface area contributed by atoms with Crippen LogP contribution in [0.15, 0.2) is 42.5 Å². The Bertz CT molecular complexity index is 1310. The number of rotatable bonds is 9. The number of aromatic amines is 1. The van der Waals surface area contributed by atoms with Gasteiger partial charge in [-0.3, -0.25) is 14.5 Å². The third-order valence-electron chi connectivity index (χ3n) is 6.42. The van der Waals surface area contributed by atoms with Crippen molar-refractivity contribution in [3.05, 3.63) is 69.9 Å². The van der Waals surface area contributed by atoms with Gasteiger partial charge in [-0.1, -0.05) is 29.8 Å². The lowest BCUT2D eigenvalue weighted by Crippen LogP contribution is -2.40. The molecular weight excluding hydrogens is 478 g/mol. The van der Waals surface area contributed by atoms with Crippen LogP contribution in [0.3, 0.4) is 0 Å². The minimum absolute atomic E-state index is 0.178. The largest absolute Gasteiger partial charge is 0.350 e. The Morgan fingerprint density at radius 3 is 2.53 bits per heavy atom. The first-order valence-electron chi connectivity index (χ1n) is 12.0. The van der Waals surface area contributed by atoms with Gasteiger partial charge < -0.3 is 20.5 Å². The molecule has 0 unspecified atom stereocenters. The lowest BCUT2D eigenvalue weighted by atomic mass is 10.0. The lowest BCUT2D eigenvalue weighted by molar-refractivity contribution is -0.130. The maximum atomic E-state index is 13.2. The van der Waals surface area contributed by atoms with Crippen LogP contribution in [0.5, 0.6) is 0 Å². The Morgan fingerprint density at radius 2 is 1.86 bits per heavy atom. The normalized spacial score (nSPS) is 15.1. The van der Waals surface area contributed by atoms with Crippen molar-refractivity contribution < 1.29 is 14.4 Å². The Kier molecular flexibility index (Phi) is 7.38. The van der Waals surface area contributed by atoms with E-state index in [0.29, 0.717) is 36.6 Å². The molecule has 0 aliphatic carbocycles. The molecule has 2 aromatic carbocycles. The summed E-state index contributed by atoms with van der Waals surface area (Å²) in [7, 11) is 4.00. The number of nitrogens with one attached hydrogen (secondary N) is 3. The third kappa shape index (κ3) is 5.55. The predicted octanol–water partition coefficient (Wildman–Crippen LogP) is 3.73. The average molecular weight is 510 g/mol. The quantitative estimate of drug-likeness (QED) is 0.383. The second-order valence-electron chi connectivity index (χ2n) is 9.99. The molecule has 1 fully saturated rings. The number of carbonyl (C=O) groups excluding carboxylic acids is 3. The van der Waals surface area contributed by atoms with Gasteiger partial charge in [0.25, 0.3) is 11.8 Å². The van der Waals surface area contributed by atoms with E-state index in [2.05, 4.69) is 20.5 Å². The van der Waals surface area contributed by atoms with Crippen LogP contribution in [-0.2, 0) is 24.2 Å². The van der Waals surface area contributed by atoms with Crippen LogP contribution < -0.4 is 10.6 Å². The van der Waals surface area contributed by atoms with Crippen molar-refractivity contribution in [3.8, 4) is 0 Å². The highest BCUT2D eigenvalue weighted by Gasteiger charge is 2.43. The van der Waals surface area contributed by atoms with Crippen molar-refractivity contribution in [1.29, 1.82) is 0 Å². The maximum absolute atomic E-state index is 13.2. The number of amides is 4. The van der Waals surface area contributed by atoms with Gasteiger partial charge in [0.1, 0.15) is 11.2 Å². The van der Waals surface area contributed by atoms with Gasteiger partial charge in [-0.25, -0.2) is 4.79 Å². The van der Waals surface area contributed by atoms with Gasteiger partial charge in [0.05, 0.1) is 0 Å². The molecule has 0 atom stereocenters. The summed E-state index contributed by atoms with van der Waals surface area (Å²) < 4.78 is 0. The van der Waals surface area contributed by atoms with E-state index in [4.69, 9.17) is 11.6 Å². The highest BCUT2D eigenvalue weighted by molar-refractivity contribution is 6.30. The first kappa shape index (κ1) is 25.7. The second-order valence-corrected chi connectivity index (χ2v) is 10.4. The maximum Gasteiger partial charge on any atom is 0.325 e. The minimum atomic E-state index is -0.881. The van der Waals surface area contributed by atoms with Gasteiger partial charge in [0.15, 0.2) is 0 Å². The van der Waals surface area contributed by atoms with E-state index in [0.717, 1.165) is 34.1 Å². The number of likely N-dealkylation sites (N-methyl/N-ethyl adjacent to an activating group) is 1. The molecule has 1 aliphatic heterocycles. The number of imide groups is 1. The fraction of sp³-hybridized carbons (Fsp3) is 0.370. The molecule has 4 rings (SSSR count). The fourth-order valence-corrected chi connectivity index (χ4v) is 4.63. The van der Waals surface area contributed by atoms with Crippen LogP contribution >= 0.6 is 11.6 Å². The molecule has 3 N–H and O–H groups in total. The van der Waals surface area contributed by atoms with E-state index in [-0.39, 0.29) is 17.8 Å². The van der Waals surface area contributed by atoms with Crippen molar-refractivity contribution >= 4 is 40.3 Å². The fourth-order valence-electron chi connectivity index (χ4n) is 4.42. The van der Waals surface area contributed by atoms with Crippen LogP contribution in [0.1, 0.15) is 41.0 Å². The van der Waals surface area contributed by atoms with E-state index < -0.39 is 5.54 Å². The second kappa shape index (κ2) is 10.3. The zero-order valence-electron chi connectivity index (χ0n) is 21.1. The first-order chi connectivity index (χ1) is 17.0. The first-order valence-corrected chi connectivity index (χ1v) is 12.4. The number of carbonyl (C=O) groups is 3. The summed E-state index contributed by atoms with van der Waals surface area (Å²) in [6.45, 7) is 4.85. The summed E-state index contributed by atoms with van der Waals surface area (Å²) in [6, 6.07) is 13.0. The average Bonchev–Trinajstić information content (AvgIpc) is 3.27. The molecule has 0 spiro atoms. The molecule has 0 radical (unpaired) electrons. The molecule has 190 valence electrons. The third-order valence-corrected chi connectivity index (χ3v) is 6.65. The van der Waals surface area contributed by atoms with Crippen LogP contribution in [0, 0.1) is 0 Å². The summed E-state index contributed by atoms with van der Waals surface area (Å²) >= 11 is 6.07. The zero-order valence-corrected chi connectivity index (χ0v) is 21.8. The highest BCUT2D eigenvalue weighted by Crippen LogP contribution is 2.26. The highest BCUT2D eigenvalue weighted by atomic mass is 35.5. The molecule has 4 amide bonds. The van der Waals surface area contributed by atoms with E-state index >= 15 is 0 Å². The van der Waals surface area contributed by atoms with Crippen molar-refractivity contribution in [3.63, 3.8) is 0 Å². The number of benzene rings is 2. The standard InChI is InChI=1S/C27H32ClN5O3/c1-27(2)25(35)33(26(36)31-27)13-10-17-8-9-22-21(15-17)20(11-12-32(3)4)23(30-22)24(34)29-16-18-6-5-7-19(28)14-18/h5-9,14-15,30H,10-13,16H2,1-4H3,(H,29,34)(H,31,36). The molecule has 3 aromatic rings. The zero-order chi connectivity index (χ0) is 26.0. The summed E-state index contributed by atoms with van der Waals surface area (Å²) in [5, 5.41) is 7.31. The van der Waals surface area contributed by atoms with Gasteiger partial charge >= 0.3 is 6.03 Å². The number of nitrogens with zero attached hydrogens (tertiary/aromatic N) is 2. The molecule has 36 heavy (non-hydrogen) atoms. The Labute approximate surface area is 216 Å². The summed E-state index contributed by atoms with van der Waals surface area (Å²) in [4.78, 5) is 44.6. The molecule has 9 heteroatoms. The molecule has 1 aliphatic rings. The van der Waals surface area contributed by atoms with Crippen LogP contribution in [-0.4, -0.2) is 65.4 Å². The van der Waals surface area contributed by atoms with E-state index in [1.165, 1.54) is 4.90 Å². The molecule has 2 heterocycles. The Balaban J connectivity index is 1.56. The van der Waals surface area contributed by atoms with Crippen molar-refractivity contribution in [2.24, 2.45) is 0 Å². The number of hydrogen-bond acceptors (Lipinski definition) is 4. The lowest BCUT2D eigenvalue weighted by Gasteiger charge is -2.16. The van der Waals surface area contributed by atoms with Gasteiger partial charge in [-0.05, 0) is 81.7 Å². The SMILES string of the molecule is CN(C)CCc1c(C(=O)NCc2cccc(Cl)c2)[nH]c2ccc(CCN3C(=O)NC(C)(C)C3=O)cc12. The molecule has 1 saturated heterocycles. The van der Waals surface area contributed by atoms with Crippen molar-refractivity contribution in [1.82, 2.24) is 25.4 Å². The Morgan fingerprint density at radius 1 is 1.08 bits per heavy atom. The number of H-pyrrole nitrogens is 1. The topological polar surface area (TPSA) is 97.5 Å². The number of urea groups is 1. The minimum Gasteiger partial charge on any atom is -0.350 e.